The Kier molecular flexibility index (Phi) is 4.33. The zero-order valence-corrected chi connectivity index (χ0v) is 13.5. The molecule has 0 amide bonds. The molecule has 0 aliphatic rings. The van der Waals surface area contributed by atoms with Crippen LogP contribution >= 0.6 is 27.3 Å². The predicted octanol–water partition coefficient (Wildman–Crippen LogP) is 1.07. The molecule has 7 nitrogen and oxygen atoms in total. The van der Waals surface area contributed by atoms with Crippen molar-refractivity contribution in [1.29, 1.82) is 0 Å². The molecular weight excluding hydrogens is 354 g/mol. The maximum Gasteiger partial charge on any atom is 0.260 e. The van der Waals surface area contributed by atoms with Gasteiger partial charge in [0, 0.05) is 18.1 Å². The Morgan fingerprint density at radius 1 is 1.53 bits per heavy atom. The number of thiazole rings is 1. The number of nitrogens with one attached hydrogen (secondary N) is 1. The first-order chi connectivity index (χ1) is 8.94. The average Bonchev–Trinajstić information content (AvgIpc) is 2.94. The van der Waals surface area contributed by atoms with Crippen molar-refractivity contribution in [2.75, 3.05) is 0 Å². The maximum absolute atomic E-state index is 12.1. The summed E-state index contributed by atoms with van der Waals surface area (Å²) in [5.41, 5.74) is 0. The zero-order chi connectivity index (χ0) is 14.0. The minimum absolute atomic E-state index is 0.000212. The summed E-state index contributed by atoms with van der Waals surface area (Å²) < 4.78 is 28.1. The summed E-state index contributed by atoms with van der Waals surface area (Å²) in [7, 11) is -2.15. The highest BCUT2D eigenvalue weighted by atomic mass is 79.9. The van der Waals surface area contributed by atoms with Crippen molar-refractivity contribution in [2.45, 2.75) is 24.9 Å². The Balaban J connectivity index is 2.14. The van der Waals surface area contributed by atoms with Crippen molar-refractivity contribution in [3.05, 3.63) is 20.7 Å². The topological polar surface area (TPSA) is 89.8 Å². The van der Waals surface area contributed by atoms with Gasteiger partial charge in [0.05, 0.1) is 6.54 Å². The van der Waals surface area contributed by atoms with E-state index in [4.69, 9.17) is 0 Å². The molecule has 2 heterocycles. The van der Waals surface area contributed by atoms with Crippen LogP contribution in [0, 0.1) is 0 Å². The smallest absolute Gasteiger partial charge is 0.248 e. The number of halogens is 1. The van der Waals surface area contributed by atoms with E-state index < -0.39 is 10.0 Å². The van der Waals surface area contributed by atoms with Crippen molar-refractivity contribution in [1.82, 2.24) is 24.7 Å². The third-order valence-corrected chi connectivity index (χ3v) is 5.78. The van der Waals surface area contributed by atoms with Crippen molar-refractivity contribution in [3.8, 4) is 0 Å². The molecule has 104 valence electrons. The highest BCUT2D eigenvalue weighted by Crippen LogP contribution is 2.19. The van der Waals surface area contributed by atoms with Crippen LogP contribution < -0.4 is 4.72 Å². The van der Waals surface area contributed by atoms with Gasteiger partial charge in [0.2, 0.25) is 5.03 Å². The lowest BCUT2D eigenvalue weighted by molar-refractivity contribution is 0.560. The lowest BCUT2D eigenvalue weighted by Gasteiger charge is -2.04. The SMILES string of the molecule is CCc1cnc(CNS(=O)(=O)c2c(Br)nnn2C)s1. The minimum Gasteiger partial charge on any atom is -0.248 e. The van der Waals surface area contributed by atoms with E-state index in [1.165, 1.54) is 23.1 Å². The first-order valence-electron chi connectivity index (χ1n) is 5.42. The molecule has 2 aromatic heterocycles. The summed E-state index contributed by atoms with van der Waals surface area (Å²) in [6.45, 7) is 2.19. The monoisotopic (exact) mass is 365 g/mol. The first-order valence-corrected chi connectivity index (χ1v) is 8.51. The summed E-state index contributed by atoms with van der Waals surface area (Å²) in [6.07, 6.45) is 2.65. The molecule has 10 heteroatoms. The number of rotatable bonds is 5. The van der Waals surface area contributed by atoms with E-state index in [-0.39, 0.29) is 16.2 Å². The van der Waals surface area contributed by atoms with E-state index in [1.807, 2.05) is 6.92 Å². The molecular formula is C9H12BrN5O2S2. The van der Waals surface area contributed by atoms with E-state index in [1.54, 1.807) is 6.20 Å². The van der Waals surface area contributed by atoms with E-state index in [9.17, 15) is 8.42 Å². The summed E-state index contributed by atoms with van der Waals surface area (Å²) in [5, 5.41) is 8.02. The number of hydrogen-bond acceptors (Lipinski definition) is 6. The van der Waals surface area contributed by atoms with Gasteiger partial charge >= 0.3 is 0 Å². The van der Waals surface area contributed by atoms with Gasteiger partial charge in [0.15, 0.2) is 4.60 Å². The van der Waals surface area contributed by atoms with Gasteiger partial charge in [0.1, 0.15) is 5.01 Å². The van der Waals surface area contributed by atoms with Gasteiger partial charge in [-0.25, -0.2) is 22.8 Å². The number of aromatic nitrogens is 4. The van der Waals surface area contributed by atoms with Crippen molar-refractivity contribution >= 4 is 37.3 Å². The zero-order valence-electron chi connectivity index (χ0n) is 10.3. The minimum atomic E-state index is -3.67. The van der Waals surface area contributed by atoms with Crippen LogP contribution in [0.1, 0.15) is 16.8 Å². The standard InChI is InChI=1S/C9H12BrN5O2S2/c1-3-6-4-11-7(18-6)5-12-19(16,17)9-8(10)13-14-15(9)2/h4,12H,3,5H2,1-2H3. The Morgan fingerprint density at radius 2 is 2.26 bits per heavy atom. The molecule has 2 aromatic rings. The second kappa shape index (κ2) is 5.65. The molecule has 1 N–H and O–H groups in total. The van der Waals surface area contributed by atoms with Crippen LogP contribution in [0.3, 0.4) is 0 Å². The van der Waals surface area contributed by atoms with E-state index >= 15 is 0 Å². The van der Waals surface area contributed by atoms with Crippen molar-refractivity contribution in [2.24, 2.45) is 7.05 Å². The molecule has 19 heavy (non-hydrogen) atoms. The Bertz CT molecular complexity index is 659. The first kappa shape index (κ1) is 14.6. The van der Waals surface area contributed by atoms with Crippen LogP contribution in [0.4, 0.5) is 0 Å². The fourth-order valence-electron chi connectivity index (χ4n) is 1.43. The third-order valence-electron chi connectivity index (χ3n) is 2.35. The molecule has 0 saturated carbocycles. The second-order valence-electron chi connectivity index (χ2n) is 3.71. The summed E-state index contributed by atoms with van der Waals surface area (Å²) in [4.78, 5) is 5.28. The summed E-state index contributed by atoms with van der Waals surface area (Å²) >= 11 is 4.56. The van der Waals surface area contributed by atoms with Gasteiger partial charge < -0.3 is 0 Å². The largest absolute Gasteiger partial charge is 0.260 e. The fraction of sp³-hybridized carbons (Fsp3) is 0.444. The van der Waals surface area contributed by atoms with Gasteiger partial charge in [-0.2, -0.15) is 0 Å². The molecule has 0 unspecified atom stereocenters. The van der Waals surface area contributed by atoms with Gasteiger partial charge in [-0.3, -0.25) is 0 Å². The molecule has 0 bridgehead atoms. The van der Waals surface area contributed by atoms with Crippen LogP contribution in [0.5, 0.6) is 0 Å². The lowest BCUT2D eigenvalue weighted by Crippen LogP contribution is -2.25. The number of nitrogens with zero attached hydrogens (tertiary/aromatic N) is 4. The molecule has 2 rings (SSSR count). The van der Waals surface area contributed by atoms with Crippen molar-refractivity contribution < 1.29 is 8.42 Å². The van der Waals surface area contributed by atoms with E-state index in [0.717, 1.165) is 16.3 Å². The molecule has 0 atom stereocenters. The normalized spacial score (nSPS) is 11.9. The fourth-order valence-corrected chi connectivity index (χ4v) is 4.40. The molecule has 0 aromatic carbocycles. The van der Waals surface area contributed by atoms with Gasteiger partial charge in [-0.05, 0) is 22.4 Å². The molecule has 0 aliphatic carbocycles. The molecule has 0 fully saturated rings. The summed E-state index contributed by atoms with van der Waals surface area (Å²) in [6, 6.07) is 0. The highest BCUT2D eigenvalue weighted by Gasteiger charge is 2.23. The maximum atomic E-state index is 12.1. The number of aryl methyl sites for hydroxylation is 2. The van der Waals surface area contributed by atoms with Crippen molar-refractivity contribution in [3.63, 3.8) is 0 Å². The van der Waals surface area contributed by atoms with Crippen LogP contribution in [0.25, 0.3) is 0 Å². The Labute approximate surface area is 123 Å². The summed E-state index contributed by atoms with van der Waals surface area (Å²) in [5.74, 6) is 0. The Morgan fingerprint density at radius 3 is 2.79 bits per heavy atom. The number of hydrogen-bond donors (Lipinski definition) is 1. The average molecular weight is 366 g/mol. The van der Waals surface area contributed by atoms with Crippen LogP contribution in [0.2, 0.25) is 0 Å². The highest BCUT2D eigenvalue weighted by molar-refractivity contribution is 9.10. The molecule has 0 radical (unpaired) electrons. The van der Waals surface area contributed by atoms with E-state index in [2.05, 4.69) is 35.9 Å². The van der Waals surface area contributed by atoms with Gasteiger partial charge in [-0.1, -0.05) is 12.1 Å². The molecule has 0 aliphatic heterocycles. The van der Waals surface area contributed by atoms with Gasteiger partial charge in [0.25, 0.3) is 10.0 Å². The van der Waals surface area contributed by atoms with E-state index in [0.29, 0.717) is 0 Å². The van der Waals surface area contributed by atoms with Crippen LogP contribution in [-0.4, -0.2) is 28.4 Å². The third kappa shape index (κ3) is 3.19. The quantitative estimate of drug-likeness (QED) is 0.855. The van der Waals surface area contributed by atoms with Crippen LogP contribution in [-0.2, 0) is 30.0 Å². The molecule has 0 saturated heterocycles. The van der Waals surface area contributed by atoms with Crippen LogP contribution in [0.15, 0.2) is 15.8 Å². The Hall–Kier alpha value is -0.840. The predicted molar refractivity (Wildman–Crippen MR) is 74.2 cm³/mol. The molecule has 0 spiro atoms. The van der Waals surface area contributed by atoms with Gasteiger partial charge in [-0.15, -0.1) is 16.4 Å². The lowest BCUT2D eigenvalue weighted by atomic mass is 10.4. The second-order valence-corrected chi connectivity index (χ2v) is 7.34. The number of sulfonamides is 1.